The molecular formula is C14H16N6O3. The van der Waals surface area contributed by atoms with Gasteiger partial charge in [0.05, 0.1) is 20.2 Å². The number of oxazole rings is 1. The van der Waals surface area contributed by atoms with Crippen molar-refractivity contribution in [1.29, 1.82) is 0 Å². The second kappa shape index (κ2) is 6.42. The molecular weight excluding hydrogens is 300 g/mol. The number of benzene rings is 1. The van der Waals surface area contributed by atoms with Gasteiger partial charge in [-0.1, -0.05) is 0 Å². The molecule has 0 aliphatic rings. The third kappa shape index (κ3) is 3.44. The second-order valence-corrected chi connectivity index (χ2v) is 4.92. The van der Waals surface area contributed by atoms with Crippen LogP contribution < -0.4 is 10.1 Å². The van der Waals surface area contributed by atoms with Crippen LogP contribution in [0.2, 0.25) is 0 Å². The van der Waals surface area contributed by atoms with E-state index in [1.807, 2.05) is 0 Å². The highest BCUT2D eigenvalue weighted by atomic mass is 16.5. The van der Waals surface area contributed by atoms with Crippen LogP contribution in [0.3, 0.4) is 0 Å². The van der Waals surface area contributed by atoms with Gasteiger partial charge in [-0.2, -0.15) is 0 Å². The molecule has 3 aromatic rings. The summed E-state index contributed by atoms with van der Waals surface area (Å²) in [5.74, 6) is 1.70. The standard InChI is InChI=1S/C14H16N6O3/c1-9-17-18-19-20(9)6-5-13(21)15-8-14-16-11-7-10(22-2)3-4-12(11)23-14/h3-4,7H,5-6,8H2,1-2H3,(H,15,21). The highest BCUT2D eigenvalue weighted by molar-refractivity contribution is 5.76. The zero-order chi connectivity index (χ0) is 16.2. The fourth-order valence-electron chi connectivity index (χ4n) is 2.08. The van der Waals surface area contributed by atoms with E-state index in [9.17, 15) is 4.79 Å². The fraction of sp³-hybridized carbons (Fsp3) is 0.357. The lowest BCUT2D eigenvalue weighted by Crippen LogP contribution is -2.24. The van der Waals surface area contributed by atoms with E-state index < -0.39 is 0 Å². The van der Waals surface area contributed by atoms with Crippen molar-refractivity contribution in [1.82, 2.24) is 30.5 Å². The first-order valence-corrected chi connectivity index (χ1v) is 7.08. The number of tetrazole rings is 1. The molecule has 0 spiro atoms. The lowest BCUT2D eigenvalue weighted by molar-refractivity contribution is -0.121. The number of nitrogens with one attached hydrogen (secondary N) is 1. The van der Waals surface area contributed by atoms with E-state index in [0.717, 1.165) is 0 Å². The van der Waals surface area contributed by atoms with Gasteiger partial charge in [0.25, 0.3) is 0 Å². The molecule has 1 aromatic carbocycles. The smallest absolute Gasteiger partial charge is 0.222 e. The van der Waals surface area contributed by atoms with Crippen molar-refractivity contribution in [2.24, 2.45) is 0 Å². The van der Waals surface area contributed by atoms with Gasteiger partial charge in [0.2, 0.25) is 11.8 Å². The lowest BCUT2D eigenvalue weighted by atomic mass is 10.3. The highest BCUT2D eigenvalue weighted by Crippen LogP contribution is 2.21. The number of fused-ring (bicyclic) bond motifs is 1. The Morgan fingerprint density at radius 3 is 3.04 bits per heavy atom. The van der Waals surface area contributed by atoms with Crippen molar-refractivity contribution < 1.29 is 13.9 Å². The van der Waals surface area contributed by atoms with Crippen LogP contribution in [0, 0.1) is 6.92 Å². The monoisotopic (exact) mass is 316 g/mol. The van der Waals surface area contributed by atoms with E-state index in [1.165, 1.54) is 0 Å². The maximum absolute atomic E-state index is 11.9. The number of carbonyl (C=O) groups excluding carboxylic acids is 1. The van der Waals surface area contributed by atoms with Crippen molar-refractivity contribution in [3.8, 4) is 5.75 Å². The maximum Gasteiger partial charge on any atom is 0.222 e. The van der Waals surface area contributed by atoms with Crippen LogP contribution in [-0.4, -0.2) is 38.2 Å². The Hall–Kier alpha value is -2.97. The van der Waals surface area contributed by atoms with Crippen LogP contribution in [0.25, 0.3) is 11.1 Å². The number of ether oxygens (including phenoxy) is 1. The molecule has 2 heterocycles. The molecule has 0 atom stereocenters. The predicted octanol–water partition coefficient (Wildman–Crippen LogP) is 0.838. The first-order valence-electron chi connectivity index (χ1n) is 7.08. The molecule has 1 N–H and O–H groups in total. The minimum absolute atomic E-state index is 0.125. The van der Waals surface area contributed by atoms with Crippen molar-refractivity contribution >= 4 is 17.0 Å². The summed E-state index contributed by atoms with van der Waals surface area (Å²) in [6, 6.07) is 5.36. The first-order chi connectivity index (χ1) is 11.2. The summed E-state index contributed by atoms with van der Waals surface area (Å²) in [6.45, 7) is 2.43. The van der Waals surface area contributed by atoms with Gasteiger partial charge in [0.1, 0.15) is 17.1 Å². The van der Waals surface area contributed by atoms with Crippen LogP contribution >= 0.6 is 0 Å². The third-order valence-electron chi connectivity index (χ3n) is 3.34. The molecule has 23 heavy (non-hydrogen) atoms. The molecule has 0 unspecified atom stereocenters. The summed E-state index contributed by atoms with van der Waals surface area (Å²) in [5.41, 5.74) is 1.34. The number of aromatic nitrogens is 5. The fourth-order valence-corrected chi connectivity index (χ4v) is 2.08. The number of aryl methyl sites for hydroxylation is 2. The maximum atomic E-state index is 11.9. The topological polar surface area (TPSA) is 108 Å². The minimum atomic E-state index is -0.125. The van der Waals surface area contributed by atoms with Gasteiger partial charge in [-0.25, -0.2) is 9.67 Å². The molecule has 3 rings (SSSR count). The molecule has 0 saturated heterocycles. The molecule has 0 aliphatic heterocycles. The summed E-state index contributed by atoms with van der Waals surface area (Å²) < 4.78 is 12.3. The van der Waals surface area contributed by atoms with Gasteiger partial charge >= 0.3 is 0 Å². The summed E-state index contributed by atoms with van der Waals surface area (Å²) in [7, 11) is 1.59. The Morgan fingerprint density at radius 1 is 1.43 bits per heavy atom. The number of hydrogen-bond donors (Lipinski definition) is 1. The van der Waals surface area contributed by atoms with E-state index >= 15 is 0 Å². The van der Waals surface area contributed by atoms with Crippen LogP contribution in [0.5, 0.6) is 5.75 Å². The Balaban J connectivity index is 1.55. The molecule has 1 amide bonds. The lowest BCUT2D eigenvalue weighted by Gasteiger charge is -2.03. The average molecular weight is 316 g/mol. The quantitative estimate of drug-likeness (QED) is 0.717. The highest BCUT2D eigenvalue weighted by Gasteiger charge is 2.09. The van der Waals surface area contributed by atoms with Gasteiger partial charge in [0, 0.05) is 12.5 Å². The zero-order valence-corrected chi connectivity index (χ0v) is 12.8. The molecule has 9 heteroatoms. The molecule has 0 radical (unpaired) electrons. The minimum Gasteiger partial charge on any atom is -0.497 e. The van der Waals surface area contributed by atoms with Crippen LogP contribution in [0.4, 0.5) is 0 Å². The van der Waals surface area contributed by atoms with Gasteiger partial charge in [-0.3, -0.25) is 4.79 Å². The third-order valence-corrected chi connectivity index (χ3v) is 3.34. The number of carbonyl (C=O) groups is 1. The number of amides is 1. The Kier molecular flexibility index (Phi) is 4.18. The largest absolute Gasteiger partial charge is 0.497 e. The van der Waals surface area contributed by atoms with Gasteiger partial charge in [0.15, 0.2) is 5.58 Å². The molecule has 0 bridgehead atoms. The van der Waals surface area contributed by atoms with E-state index in [-0.39, 0.29) is 18.9 Å². The van der Waals surface area contributed by atoms with E-state index in [0.29, 0.717) is 35.1 Å². The summed E-state index contributed by atoms with van der Waals surface area (Å²) in [5, 5.41) is 13.8. The van der Waals surface area contributed by atoms with Gasteiger partial charge in [-0.05, 0) is 29.5 Å². The Morgan fingerprint density at radius 2 is 2.30 bits per heavy atom. The Labute approximate surface area is 131 Å². The average Bonchev–Trinajstić information content (AvgIpc) is 3.15. The normalized spacial score (nSPS) is 10.9. The second-order valence-electron chi connectivity index (χ2n) is 4.92. The van der Waals surface area contributed by atoms with Crippen molar-refractivity contribution in [3.63, 3.8) is 0 Å². The Bertz CT molecular complexity index is 825. The first kappa shape index (κ1) is 14.9. The van der Waals surface area contributed by atoms with Gasteiger partial charge in [-0.15, -0.1) is 5.10 Å². The van der Waals surface area contributed by atoms with Crippen molar-refractivity contribution in [2.45, 2.75) is 26.4 Å². The molecule has 2 aromatic heterocycles. The van der Waals surface area contributed by atoms with E-state index in [4.69, 9.17) is 9.15 Å². The van der Waals surface area contributed by atoms with E-state index in [2.05, 4.69) is 25.8 Å². The van der Waals surface area contributed by atoms with E-state index in [1.54, 1.807) is 36.9 Å². The number of methoxy groups -OCH3 is 1. The van der Waals surface area contributed by atoms with Crippen LogP contribution in [0.1, 0.15) is 18.1 Å². The SMILES string of the molecule is COc1ccc2oc(CNC(=O)CCn3nnnc3C)nc2c1. The molecule has 0 fully saturated rings. The van der Waals surface area contributed by atoms with Crippen molar-refractivity contribution in [2.75, 3.05) is 7.11 Å². The zero-order valence-electron chi connectivity index (χ0n) is 12.8. The van der Waals surface area contributed by atoms with Crippen molar-refractivity contribution in [3.05, 3.63) is 29.9 Å². The summed E-state index contributed by atoms with van der Waals surface area (Å²) in [6.07, 6.45) is 0.278. The molecule has 9 nitrogen and oxygen atoms in total. The van der Waals surface area contributed by atoms with Crippen LogP contribution in [-0.2, 0) is 17.9 Å². The van der Waals surface area contributed by atoms with Gasteiger partial charge < -0.3 is 14.5 Å². The molecule has 120 valence electrons. The summed E-state index contributed by atoms with van der Waals surface area (Å²) >= 11 is 0. The number of nitrogens with zero attached hydrogens (tertiary/aromatic N) is 5. The van der Waals surface area contributed by atoms with Crippen LogP contribution in [0.15, 0.2) is 22.6 Å². The predicted molar refractivity (Wildman–Crippen MR) is 79.6 cm³/mol. The summed E-state index contributed by atoms with van der Waals surface area (Å²) in [4.78, 5) is 16.2. The number of rotatable bonds is 6. The molecule has 0 saturated carbocycles. The molecule has 0 aliphatic carbocycles. The number of hydrogen-bond acceptors (Lipinski definition) is 7.